The molecule has 2 aromatic rings. The van der Waals surface area contributed by atoms with Gasteiger partial charge in [-0.25, -0.2) is 22.0 Å². The van der Waals surface area contributed by atoms with Crippen LogP contribution in [0.4, 0.5) is 27.6 Å². The van der Waals surface area contributed by atoms with Gasteiger partial charge in [0, 0.05) is 25.2 Å². The van der Waals surface area contributed by atoms with Crippen LogP contribution in [0.3, 0.4) is 0 Å². The first kappa shape index (κ1) is 19.3. The molecule has 0 fully saturated rings. The maximum absolute atomic E-state index is 14.4. The summed E-state index contributed by atoms with van der Waals surface area (Å²) < 4.78 is 69.8. The SMILES string of the molecule is CCC(C)B(c1ccccc1N(C)C)c1c(F)c(F)c(F)c(F)c1F. The fraction of sp³-hybridized carbons (Fsp3) is 0.333. The maximum Gasteiger partial charge on any atom is 0.222 e. The van der Waals surface area contributed by atoms with Crippen molar-refractivity contribution < 1.29 is 22.0 Å². The fourth-order valence-electron chi connectivity index (χ4n) is 3.03. The minimum Gasteiger partial charge on any atom is -0.378 e. The Balaban J connectivity index is 2.83. The Kier molecular flexibility index (Phi) is 5.75. The van der Waals surface area contributed by atoms with Crippen LogP contribution in [0.5, 0.6) is 0 Å². The van der Waals surface area contributed by atoms with E-state index in [9.17, 15) is 22.0 Å². The second-order valence-electron chi connectivity index (χ2n) is 6.30. The van der Waals surface area contributed by atoms with Gasteiger partial charge >= 0.3 is 0 Å². The number of hydrogen-bond donors (Lipinski definition) is 0. The molecule has 1 nitrogen and oxygen atoms in total. The smallest absolute Gasteiger partial charge is 0.222 e. The van der Waals surface area contributed by atoms with Crippen molar-refractivity contribution in [2.75, 3.05) is 19.0 Å². The molecule has 0 saturated heterocycles. The number of rotatable bonds is 5. The zero-order chi connectivity index (χ0) is 18.9. The number of hydrogen-bond acceptors (Lipinski definition) is 1. The van der Waals surface area contributed by atoms with E-state index in [1.165, 1.54) is 0 Å². The summed E-state index contributed by atoms with van der Waals surface area (Å²) in [5, 5.41) is 0. The predicted molar refractivity (Wildman–Crippen MR) is 91.7 cm³/mol. The molecule has 0 heterocycles. The normalized spacial score (nSPS) is 12.2. The zero-order valence-corrected chi connectivity index (χ0v) is 14.5. The average molecular weight is 355 g/mol. The second kappa shape index (κ2) is 7.46. The lowest BCUT2D eigenvalue weighted by molar-refractivity contribution is 0.384. The Labute approximate surface area is 144 Å². The summed E-state index contributed by atoms with van der Waals surface area (Å²) in [6.07, 6.45) is 0.506. The molecule has 0 radical (unpaired) electrons. The third kappa shape index (κ3) is 3.37. The molecule has 2 rings (SSSR count). The van der Waals surface area contributed by atoms with Crippen molar-refractivity contribution >= 4 is 23.3 Å². The first-order valence-electron chi connectivity index (χ1n) is 7.99. The van der Waals surface area contributed by atoms with E-state index in [-0.39, 0.29) is 5.82 Å². The van der Waals surface area contributed by atoms with E-state index in [0.29, 0.717) is 17.6 Å². The summed E-state index contributed by atoms with van der Waals surface area (Å²) in [6, 6.07) is 6.84. The van der Waals surface area contributed by atoms with Crippen molar-refractivity contribution in [3.63, 3.8) is 0 Å². The fourth-order valence-corrected chi connectivity index (χ4v) is 3.03. The van der Waals surface area contributed by atoms with Gasteiger partial charge in [-0.05, 0) is 6.07 Å². The van der Waals surface area contributed by atoms with Crippen LogP contribution in [0, 0.1) is 29.1 Å². The number of halogens is 5. The largest absolute Gasteiger partial charge is 0.378 e. The lowest BCUT2D eigenvalue weighted by Gasteiger charge is -2.27. The van der Waals surface area contributed by atoms with E-state index in [2.05, 4.69) is 0 Å². The molecule has 25 heavy (non-hydrogen) atoms. The summed E-state index contributed by atoms with van der Waals surface area (Å²) in [5.41, 5.74) is 0.404. The standard InChI is InChI=1S/C18H19BF5N/c1-5-10(2)19(11-8-6-7-9-12(11)25(3)4)13-14(20)16(22)18(24)17(23)15(13)21/h6-10H,5H2,1-4H3. The minimum absolute atomic E-state index is 0.339. The Morgan fingerprint density at radius 2 is 1.36 bits per heavy atom. The van der Waals surface area contributed by atoms with Gasteiger partial charge < -0.3 is 4.90 Å². The number of anilines is 1. The molecule has 2 aromatic carbocycles. The van der Waals surface area contributed by atoms with Crippen LogP contribution >= 0.6 is 0 Å². The van der Waals surface area contributed by atoms with Crippen LogP contribution in [0.15, 0.2) is 24.3 Å². The van der Waals surface area contributed by atoms with Gasteiger partial charge in [0.1, 0.15) is 0 Å². The lowest BCUT2D eigenvalue weighted by Crippen LogP contribution is -2.50. The molecular formula is C18H19BF5N. The first-order valence-corrected chi connectivity index (χ1v) is 7.99. The topological polar surface area (TPSA) is 3.24 Å². The highest BCUT2D eigenvalue weighted by molar-refractivity contribution is 6.87. The van der Waals surface area contributed by atoms with Gasteiger partial charge in [0.2, 0.25) is 6.71 Å². The Morgan fingerprint density at radius 1 is 0.880 bits per heavy atom. The predicted octanol–water partition coefficient (Wildman–Crippen LogP) is 3.86. The summed E-state index contributed by atoms with van der Waals surface area (Å²) in [6.45, 7) is 2.57. The van der Waals surface area contributed by atoms with E-state index in [4.69, 9.17) is 0 Å². The number of nitrogens with zero attached hydrogens (tertiary/aromatic N) is 1. The molecule has 0 aliphatic rings. The third-order valence-corrected chi connectivity index (χ3v) is 4.52. The van der Waals surface area contributed by atoms with Crippen LogP contribution in [-0.4, -0.2) is 20.8 Å². The van der Waals surface area contributed by atoms with Gasteiger partial charge in [-0.15, -0.1) is 0 Å². The van der Waals surface area contributed by atoms with Gasteiger partial charge in [0.05, 0.1) is 0 Å². The molecule has 7 heteroatoms. The summed E-state index contributed by atoms with van der Waals surface area (Å²) in [5.74, 6) is -9.84. The molecule has 0 saturated carbocycles. The minimum atomic E-state index is -2.14. The van der Waals surface area contributed by atoms with E-state index >= 15 is 0 Å². The van der Waals surface area contributed by atoms with Crippen LogP contribution in [-0.2, 0) is 0 Å². The Morgan fingerprint density at radius 3 is 1.84 bits per heavy atom. The van der Waals surface area contributed by atoms with E-state index in [1.807, 2.05) is 6.92 Å². The third-order valence-electron chi connectivity index (χ3n) is 4.52. The highest BCUT2D eigenvalue weighted by atomic mass is 19.2. The molecule has 0 N–H and O–H groups in total. The van der Waals surface area contributed by atoms with E-state index in [0.717, 1.165) is 0 Å². The highest BCUT2D eigenvalue weighted by Crippen LogP contribution is 2.24. The van der Waals surface area contributed by atoms with Gasteiger partial charge in [0.15, 0.2) is 29.1 Å². The van der Waals surface area contributed by atoms with Crippen LogP contribution in [0.1, 0.15) is 20.3 Å². The lowest BCUT2D eigenvalue weighted by atomic mass is 9.33. The zero-order valence-electron chi connectivity index (χ0n) is 14.5. The Bertz CT molecular complexity index is 749. The number of para-hydroxylation sites is 1. The van der Waals surface area contributed by atoms with Gasteiger partial charge in [-0.3, -0.25) is 0 Å². The molecule has 134 valence electrons. The van der Waals surface area contributed by atoms with Crippen LogP contribution in [0.25, 0.3) is 0 Å². The van der Waals surface area contributed by atoms with Crippen molar-refractivity contribution in [2.45, 2.75) is 26.1 Å². The Hall–Kier alpha value is -2.05. The second-order valence-corrected chi connectivity index (χ2v) is 6.30. The molecular weight excluding hydrogens is 336 g/mol. The van der Waals surface area contributed by atoms with Gasteiger partial charge in [0.25, 0.3) is 0 Å². The molecule has 0 spiro atoms. The summed E-state index contributed by atoms with van der Waals surface area (Å²) in [7, 11) is 3.51. The molecule has 0 amide bonds. The van der Waals surface area contributed by atoms with Gasteiger partial charge in [-0.2, -0.15) is 0 Å². The molecule has 0 aliphatic carbocycles. The molecule has 0 bridgehead atoms. The molecule has 0 aromatic heterocycles. The average Bonchev–Trinajstić information content (AvgIpc) is 2.61. The quantitative estimate of drug-likeness (QED) is 0.341. The van der Waals surface area contributed by atoms with Crippen molar-refractivity contribution in [3.05, 3.63) is 53.4 Å². The molecule has 1 atom stereocenters. The van der Waals surface area contributed by atoms with Crippen molar-refractivity contribution in [3.8, 4) is 0 Å². The maximum atomic E-state index is 14.4. The monoisotopic (exact) mass is 355 g/mol. The van der Waals surface area contributed by atoms with E-state index in [1.54, 1.807) is 50.2 Å². The molecule has 1 unspecified atom stereocenters. The highest BCUT2D eigenvalue weighted by Gasteiger charge is 2.37. The van der Waals surface area contributed by atoms with Gasteiger partial charge in [-0.1, -0.05) is 49.7 Å². The molecule has 0 aliphatic heterocycles. The van der Waals surface area contributed by atoms with Crippen molar-refractivity contribution in [2.24, 2.45) is 0 Å². The van der Waals surface area contributed by atoms with Crippen LogP contribution in [0.2, 0.25) is 5.82 Å². The first-order chi connectivity index (χ1) is 11.7. The van der Waals surface area contributed by atoms with Crippen molar-refractivity contribution in [1.29, 1.82) is 0 Å². The number of benzene rings is 2. The van der Waals surface area contributed by atoms with Crippen molar-refractivity contribution in [1.82, 2.24) is 0 Å². The van der Waals surface area contributed by atoms with E-state index < -0.39 is 41.3 Å². The summed E-state index contributed by atoms with van der Waals surface area (Å²) >= 11 is 0. The van der Waals surface area contributed by atoms with Crippen LogP contribution < -0.4 is 15.8 Å². The summed E-state index contributed by atoms with van der Waals surface area (Å²) in [4.78, 5) is 1.75.